The van der Waals surface area contributed by atoms with E-state index in [4.69, 9.17) is 4.74 Å². The first kappa shape index (κ1) is 18.7. The van der Waals surface area contributed by atoms with Gasteiger partial charge in [-0.3, -0.25) is 14.5 Å². The van der Waals surface area contributed by atoms with Crippen LogP contribution in [0.15, 0.2) is 53.0 Å². The Morgan fingerprint density at radius 2 is 1.89 bits per heavy atom. The number of imide groups is 1. The van der Waals surface area contributed by atoms with Crippen molar-refractivity contribution in [3.63, 3.8) is 0 Å². The molecule has 0 aromatic heterocycles. The number of benzene rings is 2. The Labute approximate surface area is 171 Å². The van der Waals surface area contributed by atoms with Gasteiger partial charge < -0.3 is 10.1 Å². The average molecular weight is 443 g/mol. The van der Waals surface area contributed by atoms with Crippen molar-refractivity contribution in [1.82, 2.24) is 10.2 Å². The quantitative estimate of drug-likeness (QED) is 0.582. The third-order valence-corrected chi connectivity index (χ3v) is 5.78. The highest BCUT2D eigenvalue weighted by Gasteiger charge is 2.54. The van der Waals surface area contributed by atoms with Crippen molar-refractivity contribution in [3.05, 3.63) is 69.7 Å². The Hall–Kier alpha value is -2.67. The van der Waals surface area contributed by atoms with Crippen LogP contribution in [0.1, 0.15) is 29.5 Å². The highest BCUT2D eigenvalue weighted by Crippen LogP contribution is 2.39. The molecule has 1 saturated heterocycles. The van der Waals surface area contributed by atoms with Crippen LogP contribution >= 0.6 is 15.9 Å². The third kappa shape index (κ3) is 3.30. The molecule has 1 heterocycles. The third-order valence-electron chi connectivity index (χ3n) is 5.25. The van der Waals surface area contributed by atoms with Crippen molar-refractivity contribution in [3.8, 4) is 0 Å². The molecule has 0 radical (unpaired) electrons. The number of esters is 1. The number of ether oxygens (including phenoxy) is 1. The summed E-state index contributed by atoms with van der Waals surface area (Å²) >= 11 is 3.35. The van der Waals surface area contributed by atoms with Gasteiger partial charge in [0.15, 0.2) is 0 Å². The molecule has 1 N–H and O–H groups in total. The zero-order valence-electron chi connectivity index (χ0n) is 15.1. The summed E-state index contributed by atoms with van der Waals surface area (Å²) in [6, 6.07) is 14.5. The van der Waals surface area contributed by atoms with Crippen molar-refractivity contribution in [1.29, 1.82) is 0 Å². The van der Waals surface area contributed by atoms with Crippen molar-refractivity contribution < 1.29 is 19.1 Å². The van der Waals surface area contributed by atoms with Crippen LogP contribution in [-0.4, -0.2) is 29.4 Å². The number of urea groups is 1. The number of carbonyl (C=O) groups is 3. The fraction of sp³-hybridized carbons (Fsp3) is 0.286. The van der Waals surface area contributed by atoms with Gasteiger partial charge in [0.2, 0.25) is 0 Å². The highest BCUT2D eigenvalue weighted by molar-refractivity contribution is 9.10. The molecule has 1 atom stereocenters. The van der Waals surface area contributed by atoms with Crippen LogP contribution in [0.25, 0.3) is 0 Å². The van der Waals surface area contributed by atoms with Gasteiger partial charge in [-0.2, -0.15) is 0 Å². The molecular formula is C21H19BrN2O4. The van der Waals surface area contributed by atoms with Crippen molar-refractivity contribution in [2.24, 2.45) is 0 Å². The lowest BCUT2D eigenvalue weighted by atomic mass is 9.76. The number of carbonyl (C=O) groups excluding carboxylic acids is 3. The van der Waals surface area contributed by atoms with E-state index >= 15 is 0 Å². The van der Waals surface area contributed by atoms with Gasteiger partial charge in [0.25, 0.3) is 5.91 Å². The number of fused-ring (bicyclic) bond motifs is 2. The summed E-state index contributed by atoms with van der Waals surface area (Å²) in [4.78, 5) is 38.8. The van der Waals surface area contributed by atoms with Crippen LogP contribution in [0.3, 0.4) is 0 Å². The second-order valence-corrected chi connectivity index (χ2v) is 7.94. The van der Waals surface area contributed by atoms with Crippen LogP contribution in [0.4, 0.5) is 4.79 Å². The predicted octanol–water partition coefficient (Wildman–Crippen LogP) is 3.28. The number of aryl methyl sites for hydroxylation is 1. The average Bonchev–Trinajstić information content (AvgIpc) is 2.93. The van der Waals surface area contributed by atoms with E-state index in [1.807, 2.05) is 48.5 Å². The predicted molar refractivity (Wildman–Crippen MR) is 105 cm³/mol. The first-order valence-electron chi connectivity index (χ1n) is 9.12. The topological polar surface area (TPSA) is 75.7 Å². The molecule has 1 aliphatic heterocycles. The number of amides is 3. The number of halogens is 1. The maximum Gasteiger partial charge on any atom is 0.326 e. The zero-order chi connectivity index (χ0) is 19.7. The Bertz CT molecular complexity index is 944. The smallest absolute Gasteiger partial charge is 0.326 e. The summed E-state index contributed by atoms with van der Waals surface area (Å²) in [5.41, 5.74) is 1.64. The van der Waals surface area contributed by atoms with Crippen LogP contribution < -0.4 is 5.32 Å². The van der Waals surface area contributed by atoms with E-state index in [1.165, 1.54) is 0 Å². The first-order valence-corrected chi connectivity index (χ1v) is 9.91. The van der Waals surface area contributed by atoms with Crippen LogP contribution in [0.2, 0.25) is 0 Å². The van der Waals surface area contributed by atoms with E-state index in [0.29, 0.717) is 6.42 Å². The molecule has 28 heavy (non-hydrogen) atoms. The molecular weight excluding hydrogens is 424 g/mol. The second kappa shape index (κ2) is 7.39. The number of nitrogens with zero attached hydrogens (tertiary/aromatic N) is 1. The van der Waals surface area contributed by atoms with Gasteiger partial charge in [-0.25, -0.2) is 4.79 Å². The summed E-state index contributed by atoms with van der Waals surface area (Å²) in [6.45, 7) is -0.311. The minimum atomic E-state index is -1.07. The molecule has 4 rings (SSSR count). The lowest BCUT2D eigenvalue weighted by molar-refractivity contribution is -0.149. The molecule has 2 aromatic rings. The zero-order valence-corrected chi connectivity index (χ0v) is 16.7. The highest BCUT2D eigenvalue weighted by atomic mass is 79.9. The van der Waals surface area contributed by atoms with E-state index < -0.39 is 24.1 Å². The largest absolute Gasteiger partial charge is 0.459 e. The number of nitrogens with one attached hydrogen (secondary N) is 1. The molecule has 6 nitrogen and oxygen atoms in total. The minimum Gasteiger partial charge on any atom is -0.459 e. The lowest BCUT2D eigenvalue weighted by Gasteiger charge is -2.33. The summed E-state index contributed by atoms with van der Waals surface area (Å²) < 4.78 is 6.17. The van der Waals surface area contributed by atoms with Crippen LogP contribution in [0.5, 0.6) is 0 Å². The SMILES string of the molecule is O=C(CN1C(=O)NC2(CCCc3ccccc32)C1=O)OCc1ccc(Br)cc1. The van der Waals surface area contributed by atoms with Gasteiger partial charge in [-0.15, -0.1) is 0 Å². The summed E-state index contributed by atoms with van der Waals surface area (Å²) in [5.74, 6) is -1.00. The molecule has 144 valence electrons. The molecule has 1 fully saturated rings. The number of hydrogen-bond donors (Lipinski definition) is 1. The molecule has 1 spiro atoms. The van der Waals surface area contributed by atoms with Crippen molar-refractivity contribution in [2.45, 2.75) is 31.4 Å². The van der Waals surface area contributed by atoms with Gasteiger partial charge >= 0.3 is 12.0 Å². The van der Waals surface area contributed by atoms with Gasteiger partial charge in [-0.1, -0.05) is 52.3 Å². The van der Waals surface area contributed by atoms with E-state index in [1.54, 1.807) is 0 Å². The Morgan fingerprint density at radius 3 is 2.68 bits per heavy atom. The number of hydrogen-bond acceptors (Lipinski definition) is 4. The molecule has 7 heteroatoms. The first-order chi connectivity index (χ1) is 13.5. The molecule has 1 aliphatic carbocycles. The molecule has 2 aliphatic rings. The van der Waals surface area contributed by atoms with Gasteiger partial charge in [0.05, 0.1) is 0 Å². The summed E-state index contributed by atoms with van der Waals surface area (Å²) in [7, 11) is 0. The fourth-order valence-corrected chi connectivity index (χ4v) is 4.14. The minimum absolute atomic E-state index is 0.0870. The van der Waals surface area contributed by atoms with Gasteiger partial charge in [0, 0.05) is 4.47 Å². The van der Waals surface area contributed by atoms with Crippen molar-refractivity contribution in [2.75, 3.05) is 6.54 Å². The van der Waals surface area contributed by atoms with Crippen LogP contribution in [-0.2, 0) is 32.9 Å². The molecule has 1 unspecified atom stereocenters. The van der Waals surface area contributed by atoms with E-state index in [2.05, 4.69) is 21.2 Å². The van der Waals surface area contributed by atoms with Crippen molar-refractivity contribution >= 4 is 33.8 Å². The Balaban J connectivity index is 1.46. The maximum absolute atomic E-state index is 13.1. The molecule has 0 bridgehead atoms. The van der Waals surface area contributed by atoms with Gasteiger partial charge in [-0.05, 0) is 48.1 Å². The molecule has 2 aromatic carbocycles. The van der Waals surface area contributed by atoms with E-state index in [9.17, 15) is 14.4 Å². The summed E-state index contributed by atoms with van der Waals surface area (Å²) in [5, 5.41) is 2.84. The lowest BCUT2D eigenvalue weighted by Crippen LogP contribution is -2.46. The Morgan fingerprint density at radius 1 is 1.14 bits per heavy atom. The van der Waals surface area contributed by atoms with Crippen LogP contribution in [0, 0.1) is 0 Å². The normalized spacial score (nSPS) is 20.8. The molecule has 0 saturated carbocycles. The fourth-order valence-electron chi connectivity index (χ4n) is 3.87. The Kier molecular flexibility index (Phi) is 4.93. The molecule has 3 amide bonds. The maximum atomic E-state index is 13.1. The summed E-state index contributed by atoms with van der Waals surface area (Å²) in [6.07, 6.45) is 2.19. The van der Waals surface area contributed by atoms with E-state index in [0.717, 1.165) is 38.9 Å². The van der Waals surface area contributed by atoms with E-state index in [-0.39, 0.29) is 12.5 Å². The number of rotatable bonds is 4. The standard InChI is InChI=1S/C21H19BrN2O4/c22-16-9-7-14(8-10-16)13-28-18(25)12-24-19(26)21(23-20(24)27)11-3-5-15-4-1-2-6-17(15)21/h1-2,4,6-10H,3,5,11-13H2,(H,23,27). The second-order valence-electron chi connectivity index (χ2n) is 7.02. The van der Waals surface area contributed by atoms with Gasteiger partial charge in [0.1, 0.15) is 18.7 Å². The monoisotopic (exact) mass is 442 g/mol.